The fourth-order valence-electron chi connectivity index (χ4n) is 3.02. The largest absolute Gasteiger partial charge is 0.496 e. The Morgan fingerprint density at radius 1 is 1.24 bits per heavy atom. The van der Waals surface area contributed by atoms with Gasteiger partial charge in [0.15, 0.2) is 0 Å². The summed E-state index contributed by atoms with van der Waals surface area (Å²) in [5.74, 6) is 0.134. The lowest BCUT2D eigenvalue weighted by Crippen LogP contribution is -2.11. The lowest BCUT2D eigenvalue weighted by atomic mass is 10.0. The number of carbonyl (C=O) groups is 2. The van der Waals surface area contributed by atoms with Gasteiger partial charge in [0.25, 0.3) is 0 Å². The Hall–Kier alpha value is -3.28. The minimum atomic E-state index is -0.486. The van der Waals surface area contributed by atoms with Gasteiger partial charge in [-0.3, -0.25) is 9.59 Å². The Kier molecular flexibility index (Phi) is 4.43. The van der Waals surface area contributed by atoms with E-state index in [1.54, 1.807) is 19.2 Å². The number of nitrogens with zero attached hydrogens (tertiary/aromatic N) is 1. The average molecular weight is 337 g/mol. The second-order valence-corrected chi connectivity index (χ2v) is 5.83. The maximum Gasteiger partial charge on any atom is 0.248 e. The highest BCUT2D eigenvalue weighted by Crippen LogP contribution is 2.29. The molecule has 3 aromatic rings. The molecule has 1 aromatic heterocycles. The molecule has 0 aliphatic rings. The molecule has 3 N–H and O–H groups in total. The summed E-state index contributed by atoms with van der Waals surface area (Å²) in [6.07, 6.45) is 3.34. The molecule has 0 saturated heterocycles. The summed E-state index contributed by atoms with van der Waals surface area (Å²) < 4.78 is 7.46. The lowest BCUT2D eigenvalue weighted by molar-refractivity contribution is -0.105. The zero-order valence-electron chi connectivity index (χ0n) is 14.1. The number of rotatable bonds is 6. The second-order valence-electron chi connectivity index (χ2n) is 5.83. The predicted octanol–water partition coefficient (Wildman–Crippen LogP) is 2.44. The summed E-state index contributed by atoms with van der Waals surface area (Å²) in [6.45, 7) is 0. The Balaban J connectivity index is 2.04. The molecule has 6 heteroatoms. The minimum Gasteiger partial charge on any atom is -0.496 e. The van der Waals surface area contributed by atoms with Crippen LogP contribution in [0.25, 0.3) is 10.9 Å². The van der Waals surface area contributed by atoms with Gasteiger partial charge in [-0.2, -0.15) is 0 Å². The number of aryl methyl sites for hydroxylation is 1. The van der Waals surface area contributed by atoms with E-state index in [-0.39, 0.29) is 0 Å². The topological polar surface area (TPSA) is 86.3 Å². The summed E-state index contributed by atoms with van der Waals surface area (Å²) >= 11 is 0. The fourth-order valence-corrected chi connectivity index (χ4v) is 3.02. The number of ether oxygens (including phenoxy) is 1. The van der Waals surface area contributed by atoms with Gasteiger partial charge in [0.05, 0.1) is 7.11 Å². The van der Waals surface area contributed by atoms with E-state index < -0.39 is 5.91 Å². The third kappa shape index (κ3) is 3.19. The monoisotopic (exact) mass is 337 g/mol. The molecular weight excluding hydrogens is 318 g/mol. The van der Waals surface area contributed by atoms with Crippen LogP contribution >= 0.6 is 0 Å². The molecular formula is C19H19N3O3. The van der Waals surface area contributed by atoms with E-state index >= 15 is 0 Å². The molecule has 128 valence electrons. The molecule has 3 rings (SSSR count). The second kappa shape index (κ2) is 6.68. The van der Waals surface area contributed by atoms with Crippen molar-refractivity contribution in [3.8, 4) is 5.75 Å². The van der Waals surface area contributed by atoms with Crippen molar-refractivity contribution in [3.63, 3.8) is 0 Å². The average Bonchev–Trinajstić information content (AvgIpc) is 2.91. The van der Waals surface area contributed by atoms with Crippen molar-refractivity contribution in [1.29, 1.82) is 0 Å². The van der Waals surface area contributed by atoms with Gasteiger partial charge in [-0.25, -0.2) is 0 Å². The van der Waals surface area contributed by atoms with Crippen LogP contribution in [0.1, 0.15) is 21.5 Å². The number of primary amides is 1. The van der Waals surface area contributed by atoms with E-state index in [9.17, 15) is 9.59 Å². The van der Waals surface area contributed by atoms with Crippen LogP contribution in [0.4, 0.5) is 5.69 Å². The maximum absolute atomic E-state index is 11.3. The molecule has 0 fully saturated rings. The smallest absolute Gasteiger partial charge is 0.248 e. The maximum atomic E-state index is 11.3. The number of carbonyl (C=O) groups excluding carboxylic acids is 2. The van der Waals surface area contributed by atoms with E-state index in [4.69, 9.17) is 10.5 Å². The van der Waals surface area contributed by atoms with Crippen molar-refractivity contribution in [2.45, 2.75) is 6.42 Å². The third-order valence-corrected chi connectivity index (χ3v) is 4.25. The number of nitrogens with one attached hydrogen (secondary N) is 1. The van der Waals surface area contributed by atoms with Crippen molar-refractivity contribution >= 4 is 28.9 Å². The van der Waals surface area contributed by atoms with Gasteiger partial charge in [-0.15, -0.1) is 0 Å². The molecule has 0 aliphatic carbocycles. The number of amides is 2. The van der Waals surface area contributed by atoms with Gasteiger partial charge < -0.3 is 20.4 Å². The lowest BCUT2D eigenvalue weighted by Gasteiger charge is -2.09. The predicted molar refractivity (Wildman–Crippen MR) is 96.9 cm³/mol. The number of aromatic nitrogens is 1. The van der Waals surface area contributed by atoms with Gasteiger partial charge in [-0.1, -0.05) is 6.07 Å². The molecule has 0 radical (unpaired) electrons. The summed E-state index contributed by atoms with van der Waals surface area (Å²) in [5, 5.41) is 3.73. The molecule has 2 aromatic carbocycles. The number of nitrogens with two attached hydrogens (primary N) is 1. The highest BCUT2D eigenvalue weighted by molar-refractivity contribution is 5.93. The summed E-state index contributed by atoms with van der Waals surface area (Å²) in [6, 6.07) is 11.0. The highest BCUT2D eigenvalue weighted by atomic mass is 16.5. The van der Waals surface area contributed by atoms with E-state index in [2.05, 4.69) is 11.5 Å². The van der Waals surface area contributed by atoms with Gasteiger partial charge in [0.1, 0.15) is 5.75 Å². The van der Waals surface area contributed by atoms with E-state index in [0.29, 0.717) is 24.1 Å². The van der Waals surface area contributed by atoms with E-state index in [0.717, 1.165) is 27.7 Å². The third-order valence-electron chi connectivity index (χ3n) is 4.25. The zero-order valence-corrected chi connectivity index (χ0v) is 14.1. The molecule has 0 unspecified atom stereocenters. The molecule has 2 amide bonds. The first-order valence-electron chi connectivity index (χ1n) is 7.78. The van der Waals surface area contributed by atoms with Crippen LogP contribution in [0.3, 0.4) is 0 Å². The van der Waals surface area contributed by atoms with E-state index in [1.807, 2.05) is 35.9 Å². The van der Waals surface area contributed by atoms with Crippen LogP contribution in [-0.4, -0.2) is 24.0 Å². The first kappa shape index (κ1) is 16.6. The quantitative estimate of drug-likeness (QED) is 0.677. The molecule has 0 bridgehead atoms. The summed E-state index contributed by atoms with van der Waals surface area (Å²) in [4.78, 5) is 22.0. The Morgan fingerprint density at radius 3 is 2.72 bits per heavy atom. The summed E-state index contributed by atoms with van der Waals surface area (Å²) in [7, 11) is 3.55. The molecule has 25 heavy (non-hydrogen) atoms. The first-order chi connectivity index (χ1) is 12.0. The molecule has 1 heterocycles. The van der Waals surface area contributed by atoms with Crippen LogP contribution in [0.5, 0.6) is 5.75 Å². The van der Waals surface area contributed by atoms with Crippen molar-refractivity contribution in [3.05, 3.63) is 59.3 Å². The highest BCUT2D eigenvalue weighted by Gasteiger charge is 2.13. The summed E-state index contributed by atoms with van der Waals surface area (Å²) in [5.41, 5.74) is 9.60. The van der Waals surface area contributed by atoms with Crippen LogP contribution in [0, 0.1) is 0 Å². The van der Waals surface area contributed by atoms with Crippen LogP contribution in [-0.2, 0) is 18.3 Å². The SMILES string of the molecule is COc1cc(C(N)=O)ccc1Cc1cn(C)c2ccc(NC=O)cc12. The van der Waals surface area contributed by atoms with Gasteiger partial charge in [0, 0.05) is 41.8 Å². The minimum absolute atomic E-state index is 0.413. The fraction of sp³-hybridized carbons (Fsp3) is 0.158. The van der Waals surface area contributed by atoms with Gasteiger partial charge in [-0.05, 0) is 41.5 Å². The Labute approximate surface area is 145 Å². The number of methoxy groups -OCH3 is 1. The van der Waals surface area contributed by atoms with Crippen molar-refractivity contribution in [2.24, 2.45) is 12.8 Å². The van der Waals surface area contributed by atoms with Crippen molar-refractivity contribution in [2.75, 3.05) is 12.4 Å². The van der Waals surface area contributed by atoms with Crippen LogP contribution in [0.15, 0.2) is 42.6 Å². The van der Waals surface area contributed by atoms with Crippen molar-refractivity contribution < 1.29 is 14.3 Å². The number of hydrogen-bond acceptors (Lipinski definition) is 3. The number of fused-ring (bicyclic) bond motifs is 1. The molecule has 0 aliphatic heterocycles. The van der Waals surface area contributed by atoms with E-state index in [1.165, 1.54) is 0 Å². The number of hydrogen-bond donors (Lipinski definition) is 2. The Bertz CT molecular complexity index is 960. The van der Waals surface area contributed by atoms with Crippen LogP contribution < -0.4 is 15.8 Å². The van der Waals surface area contributed by atoms with Crippen molar-refractivity contribution in [1.82, 2.24) is 4.57 Å². The number of benzene rings is 2. The molecule has 0 atom stereocenters. The molecule has 6 nitrogen and oxygen atoms in total. The number of anilines is 1. The first-order valence-corrected chi connectivity index (χ1v) is 7.78. The molecule has 0 spiro atoms. The Morgan fingerprint density at radius 2 is 2.04 bits per heavy atom. The van der Waals surface area contributed by atoms with Gasteiger partial charge >= 0.3 is 0 Å². The zero-order chi connectivity index (χ0) is 18.0. The standard InChI is InChI=1S/C19H19N3O3/c1-22-10-14(16-9-15(21-11-23)5-6-17(16)22)7-12-3-4-13(19(20)24)8-18(12)25-2/h3-6,8-11H,7H2,1-2H3,(H2,20,24)(H,21,23). The van der Waals surface area contributed by atoms with Gasteiger partial charge in [0.2, 0.25) is 12.3 Å². The molecule has 0 saturated carbocycles. The van der Waals surface area contributed by atoms with Crippen LogP contribution in [0.2, 0.25) is 0 Å². The normalized spacial score (nSPS) is 10.6.